The van der Waals surface area contributed by atoms with Crippen LogP contribution in [0.5, 0.6) is 0 Å². The Morgan fingerprint density at radius 3 is 2.56 bits per heavy atom. The van der Waals surface area contributed by atoms with Crippen molar-refractivity contribution >= 4 is 12.2 Å². The largest absolute Gasteiger partial charge is 0.393 e. The van der Waals surface area contributed by atoms with Crippen molar-refractivity contribution in [3.8, 4) is 0 Å². The summed E-state index contributed by atoms with van der Waals surface area (Å²) in [6.45, 7) is 0. The molecule has 1 aliphatic rings. The molecule has 6 heteroatoms. The third kappa shape index (κ3) is 2.16. The van der Waals surface area contributed by atoms with Gasteiger partial charge in [0.2, 0.25) is 0 Å². The van der Waals surface area contributed by atoms with E-state index in [0.717, 1.165) is 6.42 Å². The molecule has 1 aromatic rings. The van der Waals surface area contributed by atoms with Crippen molar-refractivity contribution in [2.75, 3.05) is 0 Å². The van der Waals surface area contributed by atoms with Gasteiger partial charge in [-0.05, 0) is 25.1 Å². The molecule has 0 spiro atoms. The predicted octanol–water partition coefficient (Wildman–Crippen LogP) is 3.84. The number of halogens is 3. The number of imidazole rings is 1. The minimum atomic E-state index is -4.13. The first-order valence-electron chi connectivity index (χ1n) is 5.32. The SMILES string of the molecule is FC(F)(F)C1CCCCC1n1cc[nH]c1=S. The third-order valence-corrected chi connectivity index (χ3v) is 3.51. The summed E-state index contributed by atoms with van der Waals surface area (Å²) in [5, 5.41) is 0. The zero-order chi connectivity index (χ0) is 11.8. The Morgan fingerprint density at radius 2 is 2.00 bits per heavy atom. The molecule has 0 bridgehead atoms. The molecule has 0 saturated heterocycles. The first kappa shape index (κ1) is 11.7. The summed E-state index contributed by atoms with van der Waals surface area (Å²) < 4.78 is 40.5. The van der Waals surface area contributed by atoms with E-state index in [2.05, 4.69) is 4.98 Å². The maximum Gasteiger partial charge on any atom is 0.393 e. The second kappa shape index (κ2) is 4.24. The van der Waals surface area contributed by atoms with Crippen LogP contribution in [-0.2, 0) is 0 Å². The highest BCUT2D eigenvalue weighted by Crippen LogP contribution is 2.43. The van der Waals surface area contributed by atoms with E-state index in [9.17, 15) is 13.2 Å². The number of alkyl halides is 3. The summed E-state index contributed by atoms with van der Waals surface area (Å²) in [5.41, 5.74) is 0. The van der Waals surface area contributed by atoms with Crippen molar-refractivity contribution in [2.45, 2.75) is 37.9 Å². The topological polar surface area (TPSA) is 20.7 Å². The van der Waals surface area contributed by atoms with Crippen LogP contribution in [-0.4, -0.2) is 15.7 Å². The van der Waals surface area contributed by atoms with E-state index in [1.807, 2.05) is 0 Å². The Morgan fingerprint density at radius 1 is 1.31 bits per heavy atom. The first-order valence-corrected chi connectivity index (χ1v) is 5.73. The van der Waals surface area contributed by atoms with Gasteiger partial charge in [-0.15, -0.1) is 0 Å². The van der Waals surface area contributed by atoms with Crippen LogP contribution in [0.25, 0.3) is 0 Å². The second-order valence-corrected chi connectivity index (χ2v) is 4.56. The molecule has 0 aliphatic heterocycles. The standard InChI is InChI=1S/C10H13F3N2S/c11-10(12,13)7-3-1-2-4-8(7)15-6-5-14-9(15)16/h5-8H,1-4H2,(H,14,16). The molecule has 1 heterocycles. The van der Waals surface area contributed by atoms with Crippen LogP contribution >= 0.6 is 12.2 Å². The summed E-state index contributed by atoms with van der Waals surface area (Å²) in [6.07, 6.45) is 1.32. The Bertz CT molecular complexity index is 407. The minimum absolute atomic E-state index is 0.209. The van der Waals surface area contributed by atoms with Gasteiger partial charge in [-0.1, -0.05) is 12.8 Å². The van der Waals surface area contributed by atoms with Crippen LogP contribution in [0.4, 0.5) is 13.2 Å². The number of nitrogens with zero attached hydrogens (tertiary/aromatic N) is 1. The molecule has 1 aromatic heterocycles. The molecule has 1 N–H and O–H groups in total. The van der Waals surface area contributed by atoms with Gasteiger partial charge in [0.15, 0.2) is 4.77 Å². The van der Waals surface area contributed by atoms with E-state index in [4.69, 9.17) is 12.2 Å². The van der Waals surface area contributed by atoms with Crippen LogP contribution in [0.15, 0.2) is 12.4 Å². The van der Waals surface area contributed by atoms with Crippen LogP contribution < -0.4 is 0 Å². The van der Waals surface area contributed by atoms with Gasteiger partial charge in [-0.25, -0.2) is 0 Å². The molecule has 16 heavy (non-hydrogen) atoms. The molecule has 2 nitrogen and oxygen atoms in total. The predicted molar refractivity (Wildman–Crippen MR) is 56.7 cm³/mol. The number of hydrogen-bond acceptors (Lipinski definition) is 1. The molecule has 1 saturated carbocycles. The summed E-state index contributed by atoms with van der Waals surface area (Å²) in [5.74, 6) is -1.26. The van der Waals surface area contributed by atoms with Gasteiger partial charge in [0.25, 0.3) is 0 Å². The maximum atomic E-state index is 12.9. The molecule has 2 atom stereocenters. The smallest absolute Gasteiger partial charge is 0.337 e. The van der Waals surface area contributed by atoms with Gasteiger partial charge in [0.1, 0.15) is 0 Å². The van der Waals surface area contributed by atoms with Crippen molar-refractivity contribution in [1.29, 1.82) is 0 Å². The fourth-order valence-electron chi connectivity index (χ4n) is 2.42. The van der Waals surface area contributed by atoms with Gasteiger partial charge >= 0.3 is 6.18 Å². The lowest BCUT2D eigenvalue weighted by atomic mass is 9.84. The van der Waals surface area contributed by atoms with Gasteiger partial charge in [-0.2, -0.15) is 13.2 Å². The van der Waals surface area contributed by atoms with Crippen LogP contribution in [0.2, 0.25) is 0 Å². The van der Waals surface area contributed by atoms with Crippen LogP contribution in [0.3, 0.4) is 0 Å². The zero-order valence-corrected chi connectivity index (χ0v) is 9.44. The Balaban J connectivity index is 2.31. The fourth-order valence-corrected chi connectivity index (χ4v) is 2.68. The molecular formula is C10H13F3N2S. The maximum absolute atomic E-state index is 12.9. The average Bonchev–Trinajstić information content (AvgIpc) is 2.63. The van der Waals surface area contributed by atoms with E-state index in [1.165, 1.54) is 0 Å². The monoisotopic (exact) mass is 250 g/mol. The molecule has 0 aromatic carbocycles. The van der Waals surface area contributed by atoms with Crippen molar-refractivity contribution in [3.05, 3.63) is 17.2 Å². The number of hydrogen-bond donors (Lipinski definition) is 1. The molecule has 1 fully saturated rings. The van der Waals surface area contributed by atoms with E-state index < -0.39 is 18.1 Å². The van der Waals surface area contributed by atoms with Gasteiger partial charge in [-0.3, -0.25) is 0 Å². The fraction of sp³-hybridized carbons (Fsp3) is 0.700. The quantitative estimate of drug-likeness (QED) is 0.751. The highest BCUT2D eigenvalue weighted by Gasteiger charge is 2.46. The summed E-state index contributed by atoms with van der Waals surface area (Å²) in [6, 6.07) is -0.535. The summed E-state index contributed by atoms with van der Waals surface area (Å²) in [4.78, 5) is 2.75. The second-order valence-electron chi connectivity index (χ2n) is 4.17. The Hall–Kier alpha value is -0.780. The van der Waals surface area contributed by atoms with Crippen LogP contribution in [0.1, 0.15) is 31.7 Å². The Labute approximate surface area is 96.5 Å². The van der Waals surface area contributed by atoms with E-state index >= 15 is 0 Å². The number of H-pyrrole nitrogens is 1. The molecular weight excluding hydrogens is 237 g/mol. The van der Waals surface area contributed by atoms with E-state index in [-0.39, 0.29) is 6.42 Å². The minimum Gasteiger partial charge on any atom is -0.337 e. The number of aromatic amines is 1. The number of aromatic nitrogens is 2. The highest BCUT2D eigenvalue weighted by atomic mass is 32.1. The Kier molecular flexibility index (Phi) is 3.10. The van der Waals surface area contributed by atoms with Crippen molar-refractivity contribution < 1.29 is 13.2 Å². The van der Waals surface area contributed by atoms with Gasteiger partial charge in [0.05, 0.1) is 5.92 Å². The zero-order valence-electron chi connectivity index (χ0n) is 8.63. The lowest BCUT2D eigenvalue weighted by Crippen LogP contribution is -2.34. The number of rotatable bonds is 1. The van der Waals surface area contributed by atoms with Gasteiger partial charge in [0, 0.05) is 18.4 Å². The molecule has 2 rings (SSSR count). The highest BCUT2D eigenvalue weighted by molar-refractivity contribution is 7.71. The van der Waals surface area contributed by atoms with E-state index in [1.54, 1.807) is 17.0 Å². The molecule has 1 aliphatic carbocycles. The van der Waals surface area contributed by atoms with Crippen molar-refractivity contribution in [3.63, 3.8) is 0 Å². The summed E-state index contributed by atoms with van der Waals surface area (Å²) >= 11 is 4.98. The molecule has 0 amide bonds. The lowest BCUT2D eigenvalue weighted by molar-refractivity contribution is -0.193. The van der Waals surface area contributed by atoms with Crippen LogP contribution in [0, 0.1) is 10.7 Å². The lowest BCUT2D eigenvalue weighted by Gasteiger charge is -2.33. The normalized spacial score (nSPS) is 26.9. The number of nitrogens with one attached hydrogen (secondary N) is 1. The van der Waals surface area contributed by atoms with Gasteiger partial charge < -0.3 is 9.55 Å². The van der Waals surface area contributed by atoms with E-state index in [0.29, 0.717) is 17.6 Å². The van der Waals surface area contributed by atoms with Crippen molar-refractivity contribution in [1.82, 2.24) is 9.55 Å². The molecule has 0 radical (unpaired) electrons. The molecule has 90 valence electrons. The average molecular weight is 250 g/mol. The first-order chi connectivity index (χ1) is 7.50. The summed E-state index contributed by atoms with van der Waals surface area (Å²) in [7, 11) is 0. The third-order valence-electron chi connectivity index (χ3n) is 3.18. The van der Waals surface area contributed by atoms with Crippen molar-refractivity contribution in [2.24, 2.45) is 5.92 Å². The molecule has 2 unspecified atom stereocenters.